The zero-order valence-corrected chi connectivity index (χ0v) is 9.82. The Bertz CT molecular complexity index is 275. The molecule has 90 valence electrons. The third-order valence-corrected chi connectivity index (χ3v) is 2.62. The lowest BCUT2D eigenvalue weighted by atomic mass is 9.79. The Hall–Kier alpha value is -1.32. The van der Waals surface area contributed by atoms with E-state index in [2.05, 4.69) is 0 Å². The van der Waals surface area contributed by atoms with Gasteiger partial charge in [-0.2, -0.15) is 0 Å². The van der Waals surface area contributed by atoms with Crippen molar-refractivity contribution in [3.8, 4) is 0 Å². The molecule has 1 rings (SSSR count). The van der Waals surface area contributed by atoms with Crippen molar-refractivity contribution >= 4 is 11.9 Å². The van der Waals surface area contributed by atoms with Gasteiger partial charge in [0.25, 0.3) is 0 Å². The zero-order chi connectivity index (χ0) is 12.0. The average Bonchev–Trinajstić information content (AvgIpc) is 2.30. The summed E-state index contributed by atoms with van der Waals surface area (Å²) in [5.74, 6) is -0.992. The molecule has 0 heterocycles. The van der Waals surface area contributed by atoms with Crippen molar-refractivity contribution in [1.82, 2.24) is 0 Å². The normalized spacial score (nSPS) is 17.9. The van der Waals surface area contributed by atoms with E-state index in [9.17, 15) is 9.59 Å². The smallest absolute Gasteiger partial charge is 0.327 e. The average molecular weight is 226 g/mol. The molecule has 0 unspecified atom stereocenters. The third-order valence-electron chi connectivity index (χ3n) is 2.62. The maximum absolute atomic E-state index is 11.9. The van der Waals surface area contributed by atoms with Crippen molar-refractivity contribution < 1.29 is 19.1 Å². The van der Waals surface area contributed by atoms with E-state index in [1.807, 2.05) is 6.08 Å². The lowest BCUT2D eigenvalue weighted by Crippen LogP contribution is -2.41. The molecule has 0 fully saturated rings. The molecule has 0 radical (unpaired) electrons. The van der Waals surface area contributed by atoms with E-state index >= 15 is 0 Å². The second-order valence-corrected chi connectivity index (χ2v) is 3.71. The number of hydrogen-bond donors (Lipinski definition) is 0. The maximum atomic E-state index is 11.9. The van der Waals surface area contributed by atoms with Crippen molar-refractivity contribution in [2.24, 2.45) is 5.41 Å². The first-order chi connectivity index (χ1) is 7.67. The molecule has 0 atom stereocenters. The number of rotatable bonds is 4. The van der Waals surface area contributed by atoms with Crippen molar-refractivity contribution in [3.05, 3.63) is 12.2 Å². The summed E-state index contributed by atoms with van der Waals surface area (Å²) in [6, 6.07) is 0. The lowest BCUT2D eigenvalue weighted by Gasteiger charge is -2.28. The van der Waals surface area contributed by atoms with Crippen LogP contribution in [0, 0.1) is 5.41 Å². The monoisotopic (exact) mass is 226 g/mol. The Labute approximate surface area is 95.6 Å². The van der Waals surface area contributed by atoms with E-state index in [-0.39, 0.29) is 13.2 Å². The van der Waals surface area contributed by atoms with Crippen LogP contribution in [0.5, 0.6) is 0 Å². The fourth-order valence-corrected chi connectivity index (χ4v) is 1.81. The van der Waals surface area contributed by atoms with Gasteiger partial charge in [0.15, 0.2) is 5.41 Å². The second kappa shape index (κ2) is 5.68. The highest BCUT2D eigenvalue weighted by Crippen LogP contribution is 2.34. The predicted octanol–water partition coefficient (Wildman–Crippen LogP) is 1.84. The van der Waals surface area contributed by atoms with E-state index in [0.717, 1.165) is 12.8 Å². The van der Waals surface area contributed by atoms with Gasteiger partial charge >= 0.3 is 11.9 Å². The maximum Gasteiger partial charge on any atom is 0.327 e. The summed E-state index contributed by atoms with van der Waals surface area (Å²) >= 11 is 0. The highest BCUT2D eigenvalue weighted by molar-refractivity contribution is 6.02. The Morgan fingerprint density at radius 1 is 1.19 bits per heavy atom. The largest absolute Gasteiger partial charge is 0.465 e. The summed E-state index contributed by atoms with van der Waals surface area (Å²) in [7, 11) is 0. The Balaban J connectivity index is 2.92. The van der Waals surface area contributed by atoms with Crippen molar-refractivity contribution in [2.75, 3.05) is 13.2 Å². The van der Waals surface area contributed by atoms with Crippen LogP contribution in [0.15, 0.2) is 12.2 Å². The van der Waals surface area contributed by atoms with Crippen LogP contribution in [0.3, 0.4) is 0 Å². The number of carbonyl (C=O) groups is 2. The van der Waals surface area contributed by atoms with Crippen LogP contribution in [0.2, 0.25) is 0 Å². The molecule has 0 bridgehead atoms. The molecular formula is C12H18O4. The SMILES string of the molecule is CCOC(=O)C1(C(=O)OCC)C=CCCC1. The highest BCUT2D eigenvalue weighted by atomic mass is 16.6. The molecule has 0 aliphatic heterocycles. The minimum absolute atomic E-state index is 0.272. The summed E-state index contributed by atoms with van der Waals surface area (Å²) < 4.78 is 9.92. The Morgan fingerprint density at radius 2 is 1.75 bits per heavy atom. The first kappa shape index (κ1) is 12.7. The summed E-state index contributed by atoms with van der Waals surface area (Å²) in [5.41, 5.74) is -1.20. The molecule has 0 aromatic heterocycles. The fourth-order valence-electron chi connectivity index (χ4n) is 1.81. The molecule has 0 spiro atoms. The van der Waals surface area contributed by atoms with Crippen molar-refractivity contribution in [2.45, 2.75) is 33.1 Å². The van der Waals surface area contributed by atoms with Crippen LogP contribution in [0.1, 0.15) is 33.1 Å². The molecule has 0 aromatic rings. The van der Waals surface area contributed by atoms with E-state index < -0.39 is 17.4 Å². The van der Waals surface area contributed by atoms with E-state index in [1.54, 1.807) is 19.9 Å². The molecule has 1 aliphatic carbocycles. The molecule has 0 aromatic carbocycles. The molecule has 0 saturated carbocycles. The van der Waals surface area contributed by atoms with Gasteiger partial charge < -0.3 is 9.47 Å². The Morgan fingerprint density at radius 3 is 2.12 bits per heavy atom. The number of hydrogen-bond acceptors (Lipinski definition) is 4. The van der Waals surface area contributed by atoms with Crippen LogP contribution in [0.4, 0.5) is 0 Å². The second-order valence-electron chi connectivity index (χ2n) is 3.71. The fraction of sp³-hybridized carbons (Fsp3) is 0.667. The third kappa shape index (κ3) is 2.43. The minimum Gasteiger partial charge on any atom is -0.465 e. The molecular weight excluding hydrogens is 208 g/mol. The first-order valence-corrected chi connectivity index (χ1v) is 5.69. The summed E-state index contributed by atoms with van der Waals surface area (Å²) in [5, 5.41) is 0. The van der Waals surface area contributed by atoms with Crippen LogP contribution in [0.25, 0.3) is 0 Å². The van der Waals surface area contributed by atoms with Gasteiger partial charge in [-0.1, -0.05) is 12.2 Å². The van der Waals surface area contributed by atoms with E-state index in [4.69, 9.17) is 9.47 Å². The first-order valence-electron chi connectivity index (χ1n) is 5.69. The quantitative estimate of drug-likeness (QED) is 0.417. The van der Waals surface area contributed by atoms with Gasteiger partial charge in [-0.25, -0.2) is 0 Å². The molecule has 4 nitrogen and oxygen atoms in total. The molecule has 0 N–H and O–H groups in total. The zero-order valence-electron chi connectivity index (χ0n) is 9.82. The molecule has 1 aliphatic rings. The Kier molecular flexibility index (Phi) is 4.52. The molecule has 16 heavy (non-hydrogen) atoms. The molecule has 0 amide bonds. The number of esters is 2. The van der Waals surface area contributed by atoms with Gasteiger partial charge in [-0.05, 0) is 33.1 Å². The van der Waals surface area contributed by atoms with Crippen LogP contribution < -0.4 is 0 Å². The highest BCUT2D eigenvalue weighted by Gasteiger charge is 2.47. The number of allylic oxidation sites excluding steroid dienone is 1. The summed E-state index contributed by atoms with van der Waals surface area (Å²) in [6.07, 6.45) is 5.64. The van der Waals surface area contributed by atoms with Gasteiger partial charge in [-0.15, -0.1) is 0 Å². The predicted molar refractivity (Wildman–Crippen MR) is 58.7 cm³/mol. The van der Waals surface area contributed by atoms with Crippen LogP contribution in [-0.2, 0) is 19.1 Å². The lowest BCUT2D eigenvalue weighted by molar-refractivity contribution is -0.168. The molecule has 0 saturated heterocycles. The van der Waals surface area contributed by atoms with Gasteiger partial charge in [0.1, 0.15) is 0 Å². The number of ether oxygens (including phenoxy) is 2. The van der Waals surface area contributed by atoms with Gasteiger partial charge in [-0.3, -0.25) is 9.59 Å². The van der Waals surface area contributed by atoms with Crippen molar-refractivity contribution in [1.29, 1.82) is 0 Å². The van der Waals surface area contributed by atoms with E-state index in [1.165, 1.54) is 0 Å². The minimum atomic E-state index is -1.20. The summed E-state index contributed by atoms with van der Waals surface area (Å²) in [4.78, 5) is 23.7. The molecule has 4 heteroatoms. The topological polar surface area (TPSA) is 52.6 Å². The van der Waals surface area contributed by atoms with Crippen LogP contribution in [-0.4, -0.2) is 25.2 Å². The van der Waals surface area contributed by atoms with E-state index in [0.29, 0.717) is 6.42 Å². The standard InChI is InChI=1S/C12H18O4/c1-3-15-10(13)12(11(14)16-4-2)8-6-5-7-9-12/h6,8H,3-5,7,9H2,1-2H3. The van der Waals surface area contributed by atoms with Crippen molar-refractivity contribution in [3.63, 3.8) is 0 Å². The van der Waals surface area contributed by atoms with Crippen LogP contribution >= 0.6 is 0 Å². The van der Waals surface area contributed by atoms with Gasteiger partial charge in [0, 0.05) is 0 Å². The summed E-state index contributed by atoms with van der Waals surface area (Å²) in [6.45, 7) is 3.99. The van der Waals surface area contributed by atoms with Gasteiger partial charge in [0.05, 0.1) is 13.2 Å². The number of carbonyl (C=O) groups excluding carboxylic acids is 2. The van der Waals surface area contributed by atoms with Gasteiger partial charge in [0.2, 0.25) is 0 Å².